The molecule has 0 spiro atoms. The van der Waals surface area contributed by atoms with Crippen LogP contribution in [-0.4, -0.2) is 50.5 Å². The van der Waals surface area contributed by atoms with Gasteiger partial charge in [-0.1, -0.05) is 35.3 Å². The monoisotopic (exact) mass is 423 g/mol. The van der Waals surface area contributed by atoms with Gasteiger partial charge in [0.1, 0.15) is 5.75 Å². The molecule has 0 aromatic heterocycles. The Bertz CT molecular complexity index is 813. The summed E-state index contributed by atoms with van der Waals surface area (Å²) < 4.78 is 5.12. The average molecular weight is 424 g/mol. The van der Waals surface area contributed by atoms with Crippen LogP contribution in [0.2, 0.25) is 10.0 Å². The van der Waals surface area contributed by atoms with E-state index in [1.165, 1.54) is 0 Å². The Morgan fingerprint density at radius 3 is 2.32 bits per heavy atom. The van der Waals surface area contributed by atoms with Crippen LogP contribution in [0.25, 0.3) is 0 Å². The number of benzene rings is 2. The predicted octanol–water partition coefficient (Wildman–Crippen LogP) is 3.23. The number of anilines is 1. The summed E-state index contributed by atoms with van der Waals surface area (Å²) in [5.74, 6) is 0.416. The Balaban J connectivity index is 1.69. The molecule has 6 nitrogen and oxygen atoms in total. The summed E-state index contributed by atoms with van der Waals surface area (Å²) in [7, 11) is 3.33. The lowest BCUT2D eigenvalue weighted by Crippen LogP contribution is -2.39. The molecule has 0 aliphatic carbocycles. The van der Waals surface area contributed by atoms with Crippen LogP contribution in [-0.2, 0) is 16.0 Å². The molecule has 0 saturated heterocycles. The number of rotatable bonds is 9. The fourth-order valence-corrected chi connectivity index (χ4v) is 2.81. The van der Waals surface area contributed by atoms with Crippen LogP contribution in [0.1, 0.15) is 5.56 Å². The molecule has 0 unspecified atom stereocenters. The zero-order valence-electron chi connectivity index (χ0n) is 15.8. The lowest BCUT2D eigenvalue weighted by atomic mass is 10.1. The fourth-order valence-electron chi connectivity index (χ4n) is 2.51. The number of nitrogens with zero attached hydrogens (tertiary/aromatic N) is 1. The molecule has 0 heterocycles. The van der Waals surface area contributed by atoms with Crippen LogP contribution >= 0.6 is 23.2 Å². The van der Waals surface area contributed by atoms with Gasteiger partial charge < -0.3 is 15.4 Å². The number of methoxy groups -OCH3 is 1. The van der Waals surface area contributed by atoms with Crippen molar-refractivity contribution in [3.8, 4) is 5.75 Å². The number of hydrogen-bond donors (Lipinski definition) is 2. The number of carbonyl (C=O) groups excluding carboxylic acids is 2. The number of likely N-dealkylation sites (N-methyl/N-ethyl adjacent to an activating group) is 1. The van der Waals surface area contributed by atoms with Gasteiger partial charge in [0.25, 0.3) is 0 Å². The summed E-state index contributed by atoms with van der Waals surface area (Å²) in [4.78, 5) is 25.7. The van der Waals surface area contributed by atoms with Crippen molar-refractivity contribution in [3.05, 3.63) is 58.1 Å². The van der Waals surface area contributed by atoms with Crippen molar-refractivity contribution in [2.24, 2.45) is 0 Å². The highest BCUT2D eigenvalue weighted by Gasteiger charge is 2.11. The highest BCUT2D eigenvalue weighted by molar-refractivity contribution is 6.42. The van der Waals surface area contributed by atoms with Crippen molar-refractivity contribution in [1.29, 1.82) is 0 Å². The molecule has 2 aromatic carbocycles. The summed E-state index contributed by atoms with van der Waals surface area (Å²) >= 11 is 11.8. The molecule has 2 amide bonds. The minimum atomic E-state index is -0.244. The molecule has 0 atom stereocenters. The average Bonchev–Trinajstić information content (AvgIpc) is 2.65. The quantitative estimate of drug-likeness (QED) is 0.649. The molecule has 0 aliphatic heterocycles. The number of halogens is 2. The summed E-state index contributed by atoms with van der Waals surface area (Å²) in [6.45, 7) is 0.720. The van der Waals surface area contributed by atoms with Gasteiger partial charge in [0.2, 0.25) is 11.8 Å². The lowest BCUT2D eigenvalue weighted by Gasteiger charge is -2.16. The van der Waals surface area contributed by atoms with Crippen molar-refractivity contribution in [1.82, 2.24) is 10.2 Å². The van der Waals surface area contributed by atoms with E-state index >= 15 is 0 Å². The van der Waals surface area contributed by atoms with E-state index in [0.29, 0.717) is 22.3 Å². The summed E-state index contributed by atoms with van der Waals surface area (Å²) in [6, 6.07) is 12.6. The van der Waals surface area contributed by atoms with Crippen LogP contribution in [0.15, 0.2) is 42.5 Å². The zero-order chi connectivity index (χ0) is 20.5. The van der Waals surface area contributed by atoms with E-state index in [4.69, 9.17) is 27.9 Å². The number of nitrogens with one attached hydrogen (secondary N) is 2. The number of hydrogen-bond acceptors (Lipinski definition) is 4. The van der Waals surface area contributed by atoms with Gasteiger partial charge >= 0.3 is 0 Å². The Labute approximate surface area is 174 Å². The Morgan fingerprint density at radius 1 is 1.00 bits per heavy atom. The molecule has 0 radical (unpaired) electrons. The second kappa shape index (κ2) is 10.9. The molecule has 0 saturated carbocycles. The Hall–Kier alpha value is -2.28. The van der Waals surface area contributed by atoms with E-state index in [0.717, 1.165) is 17.7 Å². The normalized spacial score (nSPS) is 10.6. The molecule has 8 heteroatoms. The van der Waals surface area contributed by atoms with Gasteiger partial charge in [-0.2, -0.15) is 0 Å². The minimum absolute atomic E-state index is 0.0755. The van der Waals surface area contributed by atoms with E-state index in [9.17, 15) is 9.59 Å². The first kappa shape index (κ1) is 22.0. The highest BCUT2D eigenvalue weighted by atomic mass is 35.5. The fraction of sp³-hybridized carbons (Fsp3) is 0.300. The molecule has 0 bridgehead atoms. The van der Waals surface area contributed by atoms with Crippen LogP contribution in [0, 0.1) is 0 Å². The largest absolute Gasteiger partial charge is 0.497 e. The maximum atomic E-state index is 12.1. The van der Waals surface area contributed by atoms with E-state index in [-0.39, 0.29) is 24.9 Å². The second-order valence-corrected chi connectivity index (χ2v) is 7.11. The smallest absolute Gasteiger partial charge is 0.238 e. The van der Waals surface area contributed by atoms with Crippen molar-refractivity contribution >= 4 is 40.7 Å². The summed E-state index contributed by atoms with van der Waals surface area (Å²) in [5.41, 5.74) is 1.66. The first-order chi connectivity index (χ1) is 13.4. The number of carbonyl (C=O) groups is 2. The molecule has 2 rings (SSSR count). The van der Waals surface area contributed by atoms with Crippen molar-refractivity contribution in [3.63, 3.8) is 0 Å². The SMILES string of the molecule is COc1ccc(CCNC(=O)CN(C)CC(=O)Nc2ccc(Cl)c(Cl)c2)cc1. The maximum Gasteiger partial charge on any atom is 0.238 e. The van der Waals surface area contributed by atoms with Crippen molar-refractivity contribution in [2.75, 3.05) is 39.1 Å². The first-order valence-electron chi connectivity index (χ1n) is 8.70. The molecule has 2 N–H and O–H groups in total. The third kappa shape index (κ3) is 7.38. The minimum Gasteiger partial charge on any atom is -0.497 e. The lowest BCUT2D eigenvalue weighted by molar-refractivity contribution is -0.122. The van der Waals surface area contributed by atoms with Crippen LogP contribution in [0.5, 0.6) is 5.75 Å². The van der Waals surface area contributed by atoms with E-state index < -0.39 is 0 Å². The Kier molecular flexibility index (Phi) is 8.57. The molecule has 0 fully saturated rings. The molecule has 150 valence electrons. The molecule has 0 aliphatic rings. The van der Waals surface area contributed by atoms with E-state index in [1.54, 1.807) is 37.3 Å². The van der Waals surface area contributed by atoms with Gasteiger partial charge in [-0.05, 0) is 49.4 Å². The molecular formula is C20H23Cl2N3O3. The van der Waals surface area contributed by atoms with Gasteiger partial charge in [-0.3, -0.25) is 14.5 Å². The predicted molar refractivity (Wildman–Crippen MR) is 112 cm³/mol. The highest BCUT2D eigenvalue weighted by Crippen LogP contribution is 2.24. The second-order valence-electron chi connectivity index (χ2n) is 6.30. The van der Waals surface area contributed by atoms with E-state index in [2.05, 4.69) is 10.6 Å². The number of ether oxygens (including phenoxy) is 1. The van der Waals surface area contributed by atoms with Gasteiger partial charge in [0, 0.05) is 12.2 Å². The first-order valence-corrected chi connectivity index (χ1v) is 9.46. The maximum absolute atomic E-state index is 12.1. The third-order valence-corrected chi connectivity index (χ3v) is 4.66. The number of amides is 2. The van der Waals surface area contributed by atoms with E-state index in [1.807, 2.05) is 24.3 Å². The summed E-state index contributed by atoms with van der Waals surface area (Å²) in [5, 5.41) is 6.36. The summed E-state index contributed by atoms with van der Waals surface area (Å²) in [6.07, 6.45) is 0.720. The van der Waals surface area contributed by atoms with Crippen molar-refractivity contribution < 1.29 is 14.3 Å². The van der Waals surface area contributed by atoms with Crippen LogP contribution in [0.3, 0.4) is 0 Å². The van der Waals surface area contributed by atoms with Crippen molar-refractivity contribution in [2.45, 2.75) is 6.42 Å². The molecular weight excluding hydrogens is 401 g/mol. The standard InChI is InChI=1S/C20H23Cl2N3O3/c1-25(13-20(27)24-15-5-8-17(21)18(22)11-15)12-19(26)23-10-9-14-3-6-16(28-2)7-4-14/h3-8,11H,9-10,12-13H2,1-2H3,(H,23,26)(H,24,27). The van der Waals surface area contributed by atoms with Gasteiger partial charge in [-0.25, -0.2) is 0 Å². The van der Waals surface area contributed by atoms with Crippen LogP contribution in [0.4, 0.5) is 5.69 Å². The molecule has 2 aromatic rings. The third-order valence-electron chi connectivity index (χ3n) is 3.93. The van der Waals surface area contributed by atoms with Gasteiger partial charge in [-0.15, -0.1) is 0 Å². The zero-order valence-corrected chi connectivity index (χ0v) is 17.3. The van der Waals surface area contributed by atoms with Gasteiger partial charge in [0.05, 0.1) is 30.2 Å². The van der Waals surface area contributed by atoms with Gasteiger partial charge in [0.15, 0.2) is 0 Å². The topological polar surface area (TPSA) is 70.7 Å². The Morgan fingerprint density at radius 2 is 1.68 bits per heavy atom. The molecule has 28 heavy (non-hydrogen) atoms. The van der Waals surface area contributed by atoms with Crippen LogP contribution < -0.4 is 15.4 Å².